The molecule has 0 aromatic rings. The van der Waals surface area contributed by atoms with E-state index in [9.17, 15) is 4.79 Å². The standard InChI is InChI=1S/C4H6O2.2CHNO/c1-3-4(5)6-2;2*2-1-3/h3H,1H2,2H3;2*2H. The molecule has 0 fully saturated rings. The number of methoxy groups -OCH3 is 1. The third kappa shape index (κ3) is 99.8. The molecule has 6 nitrogen and oxygen atoms in total. The van der Waals surface area contributed by atoms with Crippen molar-refractivity contribution in [2.45, 2.75) is 0 Å². The van der Waals surface area contributed by atoms with Crippen molar-refractivity contribution >= 4 is 18.1 Å². The zero-order valence-electron chi connectivity index (χ0n) is 6.42. The maximum atomic E-state index is 9.84. The van der Waals surface area contributed by atoms with Crippen molar-refractivity contribution in [1.29, 1.82) is 10.8 Å². The molecule has 0 bridgehead atoms. The molecule has 0 aliphatic heterocycles. The highest BCUT2D eigenvalue weighted by Gasteiger charge is 1.81. The molecule has 66 valence electrons. The van der Waals surface area contributed by atoms with Crippen LogP contribution in [0.2, 0.25) is 0 Å². The van der Waals surface area contributed by atoms with E-state index in [1.807, 2.05) is 0 Å². The summed E-state index contributed by atoms with van der Waals surface area (Å²) in [6, 6.07) is 0. The Morgan fingerprint density at radius 2 is 1.67 bits per heavy atom. The van der Waals surface area contributed by atoms with Crippen molar-refractivity contribution in [3.05, 3.63) is 12.7 Å². The van der Waals surface area contributed by atoms with E-state index in [1.165, 1.54) is 7.11 Å². The monoisotopic (exact) mass is 172 g/mol. The van der Waals surface area contributed by atoms with Crippen molar-refractivity contribution in [1.82, 2.24) is 0 Å². The molecule has 2 N–H and O–H groups in total. The van der Waals surface area contributed by atoms with E-state index in [2.05, 4.69) is 11.3 Å². The van der Waals surface area contributed by atoms with Crippen molar-refractivity contribution in [3.63, 3.8) is 0 Å². The number of hydrogen-bond donors (Lipinski definition) is 2. The Balaban J connectivity index is -0.000000115. The van der Waals surface area contributed by atoms with Crippen LogP contribution >= 0.6 is 0 Å². The molecule has 0 radical (unpaired) electrons. The van der Waals surface area contributed by atoms with Crippen LogP contribution in [0.15, 0.2) is 12.7 Å². The highest BCUT2D eigenvalue weighted by atomic mass is 16.5. The van der Waals surface area contributed by atoms with Crippen LogP contribution in [0.3, 0.4) is 0 Å². The normalized spacial score (nSPS) is 4.75. The van der Waals surface area contributed by atoms with E-state index in [-0.39, 0.29) is 0 Å². The van der Waals surface area contributed by atoms with Crippen LogP contribution in [-0.4, -0.2) is 25.2 Å². The highest BCUT2D eigenvalue weighted by molar-refractivity contribution is 5.80. The van der Waals surface area contributed by atoms with Gasteiger partial charge in [-0.15, -0.1) is 0 Å². The Morgan fingerprint density at radius 1 is 1.42 bits per heavy atom. The second-order valence-corrected chi connectivity index (χ2v) is 0.931. The van der Waals surface area contributed by atoms with Crippen LogP contribution in [0.1, 0.15) is 0 Å². The van der Waals surface area contributed by atoms with E-state index in [0.29, 0.717) is 0 Å². The molecule has 0 atom stereocenters. The van der Waals surface area contributed by atoms with Gasteiger partial charge < -0.3 is 4.74 Å². The SMILES string of the molecule is C=CC(=O)OC.N=C=O.N=C=O. The Morgan fingerprint density at radius 3 is 1.67 bits per heavy atom. The lowest BCUT2D eigenvalue weighted by Gasteiger charge is -1.83. The van der Waals surface area contributed by atoms with Crippen molar-refractivity contribution < 1.29 is 19.1 Å². The first kappa shape index (κ1) is 16.5. The Hall–Kier alpha value is -2.03. The number of esters is 1. The van der Waals surface area contributed by atoms with Crippen molar-refractivity contribution in [2.24, 2.45) is 0 Å². The summed E-state index contributed by atoms with van der Waals surface area (Å²) in [5.41, 5.74) is 0. The number of carbonyl (C=O) groups is 1. The molecule has 0 aromatic carbocycles. The quantitative estimate of drug-likeness (QED) is 0.254. The number of carbonyl (C=O) groups excluding carboxylic acids is 3. The summed E-state index contributed by atoms with van der Waals surface area (Å²) >= 11 is 0. The summed E-state index contributed by atoms with van der Waals surface area (Å²) in [7, 11) is 1.31. The van der Waals surface area contributed by atoms with Gasteiger partial charge in [0.1, 0.15) is 0 Å². The molecule has 6 heteroatoms. The maximum absolute atomic E-state index is 9.84. The molecule has 0 aliphatic rings. The van der Waals surface area contributed by atoms with E-state index in [0.717, 1.165) is 18.2 Å². The van der Waals surface area contributed by atoms with Crippen LogP contribution in [0.25, 0.3) is 0 Å². The van der Waals surface area contributed by atoms with Gasteiger partial charge in [0.15, 0.2) is 0 Å². The third-order valence-corrected chi connectivity index (χ3v) is 0.368. The molecule has 12 heavy (non-hydrogen) atoms. The highest BCUT2D eigenvalue weighted by Crippen LogP contribution is 1.67. The zero-order valence-corrected chi connectivity index (χ0v) is 6.42. The maximum Gasteiger partial charge on any atom is 0.329 e. The molecule has 0 saturated carbocycles. The lowest BCUT2D eigenvalue weighted by Crippen LogP contribution is -1.91. The smallest absolute Gasteiger partial charge is 0.329 e. The van der Waals surface area contributed by atoms with Gasteiger partial charge in [0.25, 0.3) is 0 Å². The third-order valence-electron chi connectivity index (χ3n) is 0.368. The first-order chi connectivity index (χ1) is 5.64. The molecule has 0 aromatic heterocycles. The molecule has 0 amide bonds. The minimum atomic E-state index is -0.394. The van der Waals surface area contributed by atoms with Crippen molar-refractivity contribution in [2.75, 3.05) is 7.11 Å². The summed E-state index contributed by atoms with van der Waals surface area (Å²) in [5.74, 6) is -0.394. The molecule has 0 aliphatic carbocycles. The summed E-state index contributed by atoms with van der Waals surface area (Å²) < 4.78 is 4.14. The molecule has 0 spiro atoms. The summed E-state index contributed by atoms with van der Waals surface area (Å²) in [4.78, 5) is 26.5. The second kappa shape index (κ2) is 23.1. The number of isocyanates is 2. The molecular formula is C6H8N2O4. The van der Waals surface area contributed by atoms with Gasteiger partial charge in [0, 0.05) is 6.08 Å². The van der Waals surface area contributed by atoms with Gasteiger partial charge in [-0.2, -0.15) is 0 Å². The lowest BCUT2D eigenvalue weighted by atomic mass is 10.7. The van der Waals surface area contributed by atoms with Gasteiger partial charge in [0.2, 0.25) is 12.2 Å². The van der Waals surface area contributed by atoms with Crippen LogP contribution < -0.4 is 0 Å². The fourth-order valence-corrected chi connectivity index (χ4v) is 0.0833. The lowest BCUT2D eigenvalue weighted by molar-refractivity contribution is -0.134. The number of rotatable bonds is 1. The largest absolute Gasteiger partial charge is 0.466 e. The Labute approximate surface area is 68.9 Å². The molecule has 0 unspecified atom stereocenters. The fraction of sp³-hybridized carbons (Fsp3) is 0.167. The van der Waals surface area contributed by atoms with Crippen LogP contribution in [0.5, 0.6) is 0 Å². The minimum Gasteiger partial charge on any atom is -0.466 e. The first-order valence-electron chi connectivity index (χ1n) is 2.42. The first-order valence-corrected chi connectivity index (χ1v) is 2.42. The van der Waals surface area contributed by atoms with Gasteiger partial charge in [-0.1, -0.05) is 6.58 Å². The van der Waals surface area contributed by atoms with Gasteiger partial charge >= 0.3 is 5.97 Å². The average molecular weight is 172 g/mol. The van der Waals surface area contributed by atoms with E-state index in [4.69, 9.17) is 20.4 Å². The van der Waals surface area contributed by atoms with Gasteiger partial charge in [0.05, 0.1) is 7.11 Å². The zero-order chi connectivity index (χ0) is 10.4. The summed E-state index contributed by atoms with van der Waals surface area (Å²) in [6.45, 7) is 3.16. The molecule has 0 saturated heterocycles. The van der Waals surface area contributed by atoms with Crippen LogP contribution in [0, 0.1) is 10.8 Å². The predicted octanol–water partition coefficient (Wildman–Crippen LogP) is 0.147. The Kier molecular flexibility index (Phi) is 31.7. The van der Waals surface area contributed by atoms with E-state index >= 15 is 0 Å². The van der Waals surface area contributed by atoms with Gasteiger partial charge in [-0.25, -0.2) is 25.2 Å². The van der Waals surface area contributed by atoms with Gasteiger partial charge in [-0.05, 0) is 0 Å². The van der Waals surface area contributed by atoms with Crippen molar-refractivity contribution in [3.8, 4) is 0 Å². The van der Waals surface area contributed by atoms with Crippen LogP contribution in [0.4, 0.5) is 0 Å². The summed E-state index contributed by atoms with van der Waals surface area (Å²) in [5, 5.41) is 10.8. The van der Waals surface area contributed by atoms with E-state index in [1.54, 1.807) is 0 Å². The molecule has 0 heterocycles. The minimum absolute atomic E-state index is 0.394. The summed E-state index contributed by atoms with van der Waals surface area (Å²) in [6.07, 6.45) is 2.61. The number of nitrogens with one attached hydrogen (secondary N) is 2. The Bertz CT molecular complexity index is 176. The van der Waals surface area contributed by atoms with Crippen LogP contribution in [-0.2, 0) is 19.1 Å². The molecular weight excluding hydrogens is 164 g/mol. The van der Waals surface area contributed by atoms with E-state index < -0.39 is 5.97 Å². The number of ether oxygens (including phenoxy) is 1. The number of hydrogen-bond acceptors (Lipinski definition) is 6. The second-order valence-electron chi connectivity index (χ2n) is 0.931. The topological polar surface area (TPSA) is 108 Å². The predicted molar refractivity (Wildman–Crippen MR) is 39.0 cm³/mol. The fourth-order valence-electron chi connectivity index (χ4n) is 0.0833. The average Bonchev–Trinajstić information content (AvgIpc) is 2.06. The molecule has 0 rings (SSSR count). The van der Waals surface area contributed by atoms with Gasteiger partial charge in [-0.3, -0.25) is 0 Å².